The van der Waals surface area contributed by atoms with Crippen molar-refractivity contribution in [2.45, 2.75) is 11.8 Å². The van der Waals surface area contributed by atoms with E-state index >= 15 is 0 Å². The molecule has 0 radical (unpaired) electrons. The van der Waals surface area contributed by atoms with Crippen LogP contribution in [0.1, 0.15) is 12.5 Å². The Labute approximate surface area is 235 Å². The summed E-state index contributed by atoms with van der Waals surface area (Å²) >= 11 is 5.42. The average molecular weight is 696 g/mol. The van der Waals surface area contributed by atoms with E-state index in [1.54, 1.807) is 12.1 Å². The minimum absolute atomic E-state index is 0.0504. The molecule has 0 aliphatic rings. The minimum Gasteiger partial charge on any atom is -0.493 e. The zero-order chi connectivity index (χ0) is 27.2. The van der Waals surface area contributed by atoms with Crippen LogP contribution < -0.4 is 19.6 Å². The van der Waals surface area contributed by atoms with E-state index in [0.717, 1.165) is 3.57 Å². The number of hydrogen-bond acceptors (Lipinski definition) is 7. The summed E-state index contributed by atoms with van der Waals surface area (Å²) in [6.07, 6.45) is 1.34. The van der Waals surface area contributed by atoms with Crippen LogP contribution in [0.3, 0.4) is 0 Å². The maximum Gasteiger partial charge on any atom is 0.339 e. The zero-order valence-corrected chi connectivity index (χ0v) is 24.0. The number of hydrogen-bond donors (Lipinski definition) is 2. The first-order chi connectivity index (χ1) is 17.5. The smallest absolute Gasteiger partial charge is 0.339 e. The molecular formula is C25H19BrIN3O6S. The lowest BCUT2D eigenvalue weighted by atomic mass is 10.1. The Bertz CT molecular complexity index is 1520. The van der Waals surface area contributed by atoms with Gasteiger partial charge in [0.1, 0.15) is 16.5 Å². The SMILES string of the molecule is COc1cc(/C=C(\C#N)C(=O)Nc2ccc(I)cc2)cc(Br)c1OS(=O)(=O)c1ccc(NC(C)=O)cc1. The highest BCUT2D eigenvalue weighted by Crippen LogP contribution is 2.39. The fourth-order valence-corrected chi connectivity index (χ4v) is 4.98. The molecule has 0 spiro atoms. The van der Waals surface area contributed by atoms with Crippen LogP contribution in [0, 0.1) is 14.9 Å². The number of nitrogens with zero attached hydrogens (tertiary/aromatic N) is 1. The third kappa shape index (κ3) is 7.54. The second-order valence-corrected chi connectivity index (χ2v) is 11.1. The number of ether oxygens (including phenoxy) is 1. The number of amides is 2. The molecule has 37 heavy (non-hydrogen) atoms. The first-order valence-corrected chi connectivity index (χ1v) is 13.7. The van der Waals surface area contributed by atoms with Crippen molar-refractivity contribution in [3.63, 3.8) is 0 Å². The number of carbonyl (C=O) groups excluding carboxylic acids is 2. The predicted molar refractivity (Wildman–Crippen MR) is 151 cm³/mol. The first-order valence-electron chi connectivity index (χ1n) is 10.4. The van der Waals surface area contributed by atoms with E-state index in [1.165, 1.54) is 56.5 Å². The molecule has 0 heterocycles. The first kappa shape index (κ1) is 28.2. The van der Waals surface area contributed by atoms with Gasteiger partial charge in [0.15, 0.2) is 11.5 Å². The third-order valence-corrected chi connectivity index (χ3v) is 7.23. The summed E-state index contributed by atoms with van der Waals surface area (Å²) in [6, 6.07) is 17.3. The quantitative estimate of drug-likeness (QED) is 0.141. The highest BCUT2D eigenvalue weighted by molar-refractivity contribution is 14.1. The molecule has 0 aliphatic carbocycles. The van der Waals surface area contributed by atoms with Gasteiger partial charge in [0.2, 0.25) is 5.91 Å². The van der Waals surface area contributed by atoms with Crippen molar-refractivity contribution in [1.29, 1.82) is 5.26 Å². The molecule has 0 atom stereocenters. The molecule has 0 saturated carbocycles. The molecule has 0 aliphatic heterocycles. The normalized spacial score (nSPS) is 11.3. The molecule has 3 aromatic carbocycles. The number of methoxy groups -OCH3 is 1. The molecular weight excluding hydrogens is 677 g/mol. The summed E-state index contributed by atoms with van der Waals surface area (Å²) in [6.45, 7) is 1.34. The number of halogens is 2. The topological polar surface area (TPSA) is 135 Å². The summed E-state index contributed by atoms with van der Waals surface area (Å²) in [5.41, 5.74) is 1.18. The number of benzene rings is 3. The van der Waals surface area contributed by atoms with E-state index in [1.807, 2.05) is 18.2 Å². The van der Waals surface area contributed by atoms with Crippen LogP contribution in [0.25, 0.3) is 6.08 Å². The Morgan fingerprint density at radius 1 is 1.03 bits per heavy atom. The van der Waals surface area contributed by atoms with Gasteiger partial charge in [0.25, 0.3) is 5.91 Å². The van der Waals surface area contributed by atoms with Crippen LogP contribution in [-0.4, -0.2) is 27.3 Å². The molecule has 2 amide bonds. The van der Waals surface area contributed by atoms with Gasteiger partial charge in [-0.25, -0.2) is 0 Å². The Morgan fingerprint density at radius 3 is 2.19 bits per heavy atom. The van der Waals surface area contributed by atoms with Crippen LogP contribution >= 0.6 is 38.5 Å². The van der Waals surface area contributed by atoms with Crippen molar-refractivity contribution < 1.29 is 26.9 Å². The molecule has 0 saturated heterocycles. The molecule has 2 N–H and O–H groups in total. The Kier molecular flexibility index (Phi) is 9.30. The van der Waals surface area contributed by atoms with Gasteiger partial charge in [-0.05, 0) is 111 Å². The van der Waals surface area contributed by atoms with Crippen LogP contribution in [0.5, 0.6) is 11.5 Å². The van der Waals surface area contributed by atoms with Gasteiger partial charge in [0.05, 0.1) is 11.6 Å². The summed E-state index contributed by atoms with van der Waals surface area (Å²) in [5.74, 6) is -0.965. The number of rotatable bonds is 8. The zero-order valence-electron chi connectivity index (χ0n) is 19.4. The molecule has 0 fully saturated rings. The Morgan fingerprint density at radius 2 is 1.62 bits per heavy atom. The van der Waals surface area contributed by atoms with Crippen LogP contribution in [0.2, 0.25) is 0 Å². The Balaban J connectivity index is 1.87. The monoisotopic (exact) mass is 695 g/mol. The fraction of sp³-hybridized carbons (Fsp3) is 0.0800. The Hall–Kier alpha value is -3.41. The lowest BCUT2D eigenvalue weighted by Crippen LogP contribution is -2.13. The van der Waals surface area contributed by atoms with Crippen molar-refractivity contribution >= 4 is 77.9 Å². The number of nitrogens with one attached hydrogen (secondary N) is 2. The summed E-state index contributed by atoms with van der Waals surface area (Å²) in [5, 5.41) is 14.7. The van der Waals surface area contributed by atoms with Crippen molar-refractivity contribution in [1.82, 2.24) is 0 Å². The molecule has 0 bridgehead atoms. The van der Waals surface area contributed by atoms with E-state index < -0.39 is 16.0 Å². The lowest BCUT2D eigenvalue weighted by Gasteiger charge is -2.14. The van der Waals surface area contributed by atoms with Gasteiger partial charge in [-0.15, -0.1) is 0 Å². The maximum absolute atomic E-state index is 12.9. The van der Waals surface area contributed by atoms with Crippen molar-refractivity contribution in [3.05, 3.63) is 79.8 Å². The van der Waals surface area contributed by atoms with Crippen LogP contribution in [0.15, 0.2) is 75.6 Å². The fourth-order valence-electron chi connectivity index (χ4n) is 3.02. The van der Waals surface area contributed by atoms with Crippen LogP contribution in [0.4, 0.5) is 11.4 Å². The standard InChI is InChI=1S/C25H19BrIN3O6S/c1-15(31)29-19-7-9-21(10-8-19)37(33,34)36-24-22(26)12-16(13-23(24)35-2)11-17(14-28)25(32)30-20-5-3-18(27)4-6-20/h3-13H,1-2H3,(H,29,31)(H,30,32)/b17-11+. The number of carbonyl (C=O) groups is 2. The molecule has 190 valence electrons. The van der Waals surface area contributed by atoms with Crippen molar-refractivity contribution in [3.8, 4) is 17.6 Å². The van der Waals surface area contributed by atoms with Gasteiger partial charge in [-0.1, -0.05) is 0 Å². The van der Waals surface area contributed by atoms with E-state index in [0.29, 0.717) is 16.9 Å². The highest BCUT2D eigenvalue weighted by Gasteiger charge is 2.22. The van der Waals surface area contributed by atoms with Gasteiger partial charge in [-0.3, -0.25) is 9.59 Å². The second-order valence-electron chi connectivity index (χ2n) is 7.41. The van der Waals surface area contributed by atoms with Gasteiger partial charge in [-0.2, -0.15) is 13.7 Å². The molecule has 9 nitrogen and oxygen atoms in total. The van der Waals surface area contributed by atoms with E-state index in [4.69, 9.17) is 8.92 Å². The van der Waals surface area contributed by atoms with E-state index in [2.05, 4.69) is 49.2 Å². The molecule has 3 aromatic rings. The van der Waals surface area contributed by atoms with Gasteiger partial charge < -0.3 is 19.6 Å². The van der Waals surface area contributed by atoms with Crippen LogP contribution in [-0.2, 0) is 19.7 Å². The highest BCUT2D eigenvalue weighted by atomic mass is 127. The number of anilines is 2. The van der Waals surface area contributed by atoms with E-state index in [9.17, 15) is 23.3 Å². The predicted octanol–water partition coefficient (Wildman–Crippen LogP) is 5.33. The van der Waals surface area contributed by atoms with Crippen molar-refractivity contribution in [2.24, 2.45) is 0 Å². The lowest BCUT2D eigenvalue weighted by molar-refractivity contribution is -0.114. The third-order valence-electron chi connectivity index (χ3n) is 4.69. The summed E-state index contributed by atoms with van der Waals surface area (Å²) in [4.78, 5) is 23.6. The van der Waals surface area contributed by atoms with Crippen molar-refractivity contribution in [2.75, 3.05) is 17.7 Å². The van der Waals surface area contributed by atoms with Gasteiger partial charge >= 0.3 is 10.1 Å². The second kappa shape index (κ2) is 12.2. The number of nitriles is 1. The minimum atomic E-state index is -4.26. The molecule has 3 rings (SSSR count). The average Bonchev–Trinajstić information content (AvgIpc) is 2.85. The summed E-state index contributed by atoms with van der Waals surface area (Å²) in [7, 11) is -2.94. The largest absolute Gasteiger partial charge is 0.493 e. The van der Waals surface area contributed by atoms with E-state index in [-0.39, 0.29) is 32.3 Å². The summed E-state index contributed by atoms with van der Waals surface area (Å²) < 4.78 is 37.6. The van der Waals surface area contributed by atoms with Gasteiger partial charge in [0, 0.05) is 21.9 Å². The molecule has 0 aromatic heterocycles. The molecule has 0 unspecified atom stereocenters. The maximum atomic E-state index is 12.9. The molecule has 12 heteroatoms.